The van der Waals surface area contributed by atoms with Gasteiger partial charge in [0.25, 0.3) is 0 Å². The van der Waals surface area contributed by atoms with Gasteiger partial charge in [0.05, 0.1) is 18.8 Å². The van der Waals surface area contributed by atoms with Crippen LogP contribution in [0.5, 0.6) is 5.75 Å². The number of likely N-dealkylation sites (tertiary alicyclic amines) is 1. The molecule has 4 heterocycles. The first-order valence-electron chi connectivity index (χ1n) is 13.1. The number of ether oxygens (including phenoxy) is 1. The van der Waals surface area contributed by atoms with Crippen LogP contribution in [0.2, 0.25) is 0 Å². The van der Waals surface area contributed by atoms with Crippen molar-refractivity contribution in [3.8, 4) is 5.75 Å². The molecule has 9 nitrogen and oxygen atoms in total. The Kier molecular flexibility index (Phi) is 7.09. The maximum atomic E-state index is 14.4. The quantitative estimate of drug-likeness (QED) is 0.479. The maximum absolute atomic E-state index is 14.4. The highest BCUT2D eigenvalue weighted by molar-refractivity contribution is 5.92. The summed E-state index contributed by atoms with van der Waals surface area (Å²) in [6, 6.07) is 7.83. The molecular formula is C28H35FN6O3. The minimum absolute atomic E-state index is 0.0405. The number of piperidine rings is 1. The third kappa shape index (κ3) is 5.36. The first-order valence-corrected chi connectivity index (χ1v) is 13.1. The molecule has 10 heteroatoms. The van der Waals surface area contributed by atoms with Crippen molar-refractivity contribution in [2.75, 3.05) is 43.0 Å². The highest BCUT2D eigenvalue weighted by Gasteiger charge is 2.38. The summed E-state index contributed by atoms with van der Waals surface area (Å²) < 4.78 is 20.6. The van der Waals surface area contributed by atoms with E-state index in [1.54, 1.807) is 24.1 Å². The molecule has 1 amide bonds. The van der Waals surface area contributed by atoms with Crippen LogP contribution in [0.3, 0.4) is 0 Å². The Labute approximate surface area is 222 Å². The summed E-state index contributed by atoms with van der Waals surface area (Å²) in [5, 5.41) is 15.4. The average molecular weight is 523 g/mol. The van der Waals surface area contributed by atoms with Crippen LogP contribution in [-0.2, 0) is 4.79 Å². The minimum Gasteiger partial charge on any atom is -0.492 e. The Hall–Kier alpha value is -3.53. The van der Waals surface area contributed by atoms with Gasteiger partial charge >= 0.3 is 0 Å². The van der Waals surface area contributed by atoms with E-state index in [0.717, 1.165) is 29.6 Å². The molecule has 0 unspecified atom stereocenters. The van der Waals surface area contributed by atoms with E-state index >= 15 is 0 Å². The molecule has 0 radical (unpaired) electrons. The Balaban J connectivity index is 1.34. The van der Waals surface area contributed by atoms with Crippen LogP contribution >= 0.6 is 0 Å². The predicted molar refractivity (Wildman–Crippen MR) is 145 cm³/mol. The number of carbonyl (C=O) groups is 1. The van der Waals surface area contributed by atoms with Gasteiger partial charge in [-0.2, -0.15) is 4.98 Å². The number of alkyl halides is 1. The Morgan fingerprint density at radius 2 is 2.00 bits per heavy atom. The summed E-state index contributed by atoms with van der Waals surface area (Å²) in [5.41, 5.74) is -0.146. The van der Waals surface area contributed by atoms with E-state index in [4.69, 9.17) is 4.74 Å². The van der Waals surface area contributed by atoms with Gasteiger partial charge in [0.2, 0.25) is 11.9 Å². The molecule has 2 N–H and O–H groups in total. The molecule has 2 atom stereocenters. The lowest BCUT2D eigenvalue weighted by Crippen LogP contribution is -2.52. The largest absolute Gasteiger partial charge is 0.492 e. The average Bonchev–Trinajstić information content (AvgIpc) is 2.84. The van der Waals surface area contributed by atoms with Crippen LogP contribution in [0.15, 0.2) is 36.7 Å². The van der Waals surface area contributed by atoms with Crippen molar-refractivity contribution in [1.82, 2.24) is 19.9 Å². The number of aromatic nitrogens is 3. The SMILES string of the molecule is CC(=O)N1CC(COc2ccc(C(C)C)c3cc(Nc4ccnc(N5CC[C@@](C)(O)[C@@H](F)C5)n4)ncc23)C1. The zero-order valence-electron chi connectivity index (χ0n) is 22.3. The van der Waals surface area contributed by atoms with E-state index in [9.17, 15) is 14.3 Å². The summed E-state index contributed by atoms with van der Waals surface area (Å²) >= 11 is 0. The monoisotopic (exact) mass is 522 g/mol. The highest BCUT2D eigenvalue weighted by atomic mass is 19.1. The van der Waals surface area contributed by atoms with E-state index < -0.39 is 11.8 Å². The van der Waals surface area contributed by atoms with E-state index in [1.165, 1.54) is 12.5 Å². The molecule has 202 valence electrons. The third-order valence-electron chi connectivity index (χ3n) is 7.52. The van der Waals surface area contributed by atoms with Crippen LogP contribution in [0.25, 0.3) is 10.8 Å². The number of fused-ring (bicyclic) bond motifs is 1. The number of aliphatic hydroxyl groups is 1. The maximum Gasteiger partial charge on any atom is 0.227 e. The summed E-state index contributed by atoms with van der Waals surface area (Å²) in [6.07, 6.45) is 2.37. The van der Waals surface area contributed by atoms with Crippen molar-refractivity contribution in [1.29, 1.82) is 0 Å². The lowest BCUT2D eigenvalue weighted by molar-refractivity contribution is -0.135. The molecule has 5 rings (SSSR count). The number of benzene rings is 1. The summed E-state index contributed by atoms with van der Waals surface area (Å²) in [6.45, 7) is 9.94. The first kappa shape index (κ1) is 26.1. The fraction of sp³-hybridized carbons (Fsp3) is 0.500. The summed E-state index contributed by atoms with van der Waals surface area (Å²) in [7, 11) is 0. The van der Waals surface area contributed by atoms with Crippen molar-refractivity contribution in [3.63, 3.8) is 0 Å². The van der Waals surface area contributed by atoms with E-state index in [1.807, 2.05) is 23.2 Å². The van der Waals surface area contributed by atoms with Crippen molar-refractivity contribution < 1.29 is 19.0 Å². The van der Waals surface area contributed by atoms with Crippen molar-refractivity contribution in [3.05, 3.63) is 42.2 Å². The smallest absolute Gasteiger partial charge is 0.227 e. The standard InChI is InChI=1S/C28H35FN6O3/c1-17(2)20-5-6-23(38-16-19-13-35(14-19)18(3)36)22-12-31-26(11-21(20)22)32-25-7-9-30-27(33-25)34-10-8-28(4,37)24(29)15-34/h5-7,9,11-12,17,19,24,37H,8,10,13-16H2,1-4H3,(H,30,31,32,33)/t24-,28+/m0/s1. The fourth-order valence-electron chi connectivity index (χ4n) is 4.96. The van der Waals surface area contributed by atoms with E-state index in [2.05, 4.69) is 40.2 Å². The number of rotatable bonds is 7. The van der Waals surface area contributed by atoms with Gasteiger partial charge in [0.15, 0.2) is 0 Å². The summed E-state index contributed by atoms with van der Waals surface area (Å²) in [5.74, 6) is 3.09. The number of hydrogen-bond donors (Lipinski definition) is 2. The topological polar surface area (TPSA) is 104 Å². The molecule has 2 fully saturated rings. The Morgan fingerprint density at radius 1 is 1.21 bits per heavy atom. The fourth-order valence-corrected chi connectivity index (χ4v) is 4.96. The van der Waals surface area contributed by atoms with Crippen LogP contribution < -0.4 is 15.0 Å². The van der Waals surface area contributed by atoms with Crippen molar-refractivity contribution in [2.24, 2.45) is 5.92 Å². The van der Waals surface area contributed by atoms with Crippen LogP contribution in [0, 0.1) is 5.92 Å². The number of carbonyl (C=O) groups excluding carboxylic acids is 1. The van der Waals surface area contributed by atoms with Gasteiger partial charge < -0.3 is 25.0 Å². The zero-order chi connectivity index (χ0) is 27.0. The zero-order valence-corrected chi connectivity index (χ0v) is 22.3. The molecule has 0 spiro atoms. The normalized spacial score (nSPS) is 22.0. The Bertz CT molecular complexity index is 1330. The number of nitrogens with one attached hydrogen (secondary N) is 1. The molecular weight excluding hydrogens is 487 g/mol. The molecule has 1 aromatic carbocycles. The lowest BCUT2D eigenvalue weighted by atomic mass is 9.92. The molecule has 0 saturated carbocycles. The molecule has 0 bridgehead atoms. The molecule has 2 aliphatic heterocycles. The number of anilines is 3. The van der Waals surface area contributed by atoms with Crippen molar-refractivity contribution >= 4 is 34.3 Å². The van der Waals surface area contributed by atoms with Crippen molar-refractivity contribution in [2.45, 2.75) is 51.8 Å². The lowest BCUT2D eigenvalue weighted by Gasteiger charge is -2.38. The minimum atomic E-state index is -1.37. The van der Waals surface area contributed by atoms with E-state index in [-0.39, 0.29) is 12.5 Å². The van der Waals surface area contributed by atoms with Gasteiger partial charge in [-0.15, -0.1) is 0 Å². The van der Waals surface area contributed by atoms with Gasteiger partial charge in [0.1, 0.15) is 23.6 Å². The number of amides is 1. The predicted octanol–water partition coefficient (Wildman–Crippen LogP) is 4.05. The number of pyridine rings is 1. The molecule has 2 aliphatic rings. The van der Waals surface area contributed by atoms with Gasteiger partial charge in [-0.3, -0.25) is 4.79 Å². The van der Waals surface area contributed by atoms with Crippen LogP contribution in [0.1, 0.15) is 45.6 Å². The Morgan fingerprint density at radius 3 is 2.71 bits per heavy atom. The second-order valence-electron chi connectivity index (χ2n) is 10.9. The second kappa shape index (κ2) is 10.3. The van der Waals surface area contributed by atoms with Gasteiger partial charge in [-0.05, 0) is 48.4 Å². The number of nitrogens with zero attached hydrogens (tertiary/aromatic N) is 5. The van der Waals surface area contributed by atoms with Gasteiger partial charge in [-0.25, -0.2) is 14.4 Å². The number of halogens is 1. The van der Waals surface area contributed by atoms with Crippen LogP contribution in [0.4, 0.5) is 22.0 Å². The summed E-state index contributed by atoms with van der Waals surface area (Å²) in [4.78, 5) is 28.5. The van der Waals surface area contributed by atoms with Gasteiger partial charge in [-0.1, -0.05) is 19.9 Å². The molecule has 38 heavy (non-hydrogen) atoms. The van der Waals surface area contributed by atoms with E-state index in [0.29, 0.717) is 49.0 Å². The van der Waals surface area contributed by atoms with Crippen LogP contribution in [-0.4, -0.2) is 75.4 Å². The molecule has 2 saturated heterocycles. The molecule has 2 aromatic heterocycles. The molecule has 3 aromatic rings. The number of hydrogen-bond acceptors (Lipinski definition) is 8. The first-order chi connectivity index (χ1) is 18.1. The second-order valence-corrected chi connectivity index (χ2v) is 10.9. The van der Waals surface area contributed by atoms with Gasteiger partial charge in [0, 0.05) is 50.3 Å². The third-order valence-corrected chi connectivity index (χ3v) is 7.52. The molecule has 0 aliphatic carbocycles. The highest BCUT2D eigenvalue weighted by Crippen LogP contribution is 2.34.